The van der Waals surface area contributed by atoms with Crippen molar-refractivity contribution < 1.29 is 35.8 Å². The molecule has 0 aromatic carbocycles. The van der Waals surface area contributed by atoms with Crippen LogP contribution in [-0.4, -0.2) is 50.9 Å². The zero-order chi connectivity index (χ0) is 14.5. The lowest BCUT2D eigenvalue weighted by Crippen LogP contribution is -2.45. The van der Waals surface area contributed by atoms with E-state index >= 15 is 0 Å². The van der Waals surface area contributed by atoms with Gasteiger partial charge in [-0.05, 0) is 12.8 Å². The Balaban J connectivity index is 2.21. The van der Waals surface area contributed by atoms with Crippen LogP contribution in [0, 0.1) is 0 Å². The molecule has 0 aliphatic carbocycles. The van der Waals surface area contributed by atoms with Gasteiger partial charge in [-0.3, -0.25) is 0 Å². The maximum atomic E-state index is 12.1. The Morgan fingerprint density at radius 1 is 1.16 bits per heavy atom. The summed E-state index contributed by atoms with van der Waals surface area (Å²) in [6.45, 7) is 0.262. The Hall–Kier alpha value is -0.540. The first-order valence-electron chi connectivity index (χ1n) is 5.78. The number of hydrogen-bond acceptors (Lipinski definition) is 3. The molecule has 0 aromatic heterocycles. The van der Waals surface area contributed by atoms with Gasteiger partial charge >= 0.3 is 12.4 Å². The van der Waals surface area contributed by atoms with Crippen LogP contribution in [-0.2, 0) is 9.47 Å². The highest BCUT2D eigenvalue weighted by atomic mass is 19.4. The van der Waals surface area contributed by atoms with Gasteiger partial charge in [0.05, 0.1) is 12.7 Å². The molecule has 1 fully saturated rings. The van der Waals surface area contributed by atoms with Crippen LogP contribution < -0.4 is 5.32 Å². The van der Waals surface area contributed by atoms with Crippen molar-refractivity contribution in [3.63, 3.8) is 0 Å². The summed E-state index contributed by atoms with van der Waals surface area (Å²) in [5.41, 5.74) is 0. The van der Waals surface area contributed by atoms with Crippen LogP contribution in [0.3, 0.4) is 0 Å². The second-order valence-corrected chi connectivity index (χ2v) is 4.17. The molecule has 1 aliphatic heterocycles. The molecule has 0 aromatic rings. The summed E-state index contributed by atoms with van der Waals surface area (Å²) in [4.78, 5) is 0. The third-order valence-corrected chi connectivity index (χ3v) is 2.55. The Bertz CT molecular complexity index is 248. The Labute approximate surface area is 106 Å². The molecule has 0 saturated carbocycles. The number of rotatable bonds is 6. The molecule has 3 nitrogen and oxygen atoms in total. The van der Waals surface area contributed by atoms with Crippen molar-refractivity contribution in [2.75, 3.05) is 26.3 Å². The molecule has 1 heterocycles. The molecular weight excluding hydrogens is 280 g/mol. The summed E-state index contributed by atoms with van der Waals surface area (Å²) in [5.74, 6) is 0. The van der Waals surface area contributed by atoms with Crippen molar-refractivity contribution in [1.82, 2.24) is 5.32 Å². The van der Waals surface area contributed by atoms with Crippen molar-refractivity contribution in [3.8, 4) is 0 Å². The maximum Gasteiger partial charge on any atom is 0.423 e. The van der Waals surface area contributed by atoms with Crippen LogP contribution in [0.15, 0.2) is 0 Å². The van der Waals surface area contributed by atoms with Crippen molar-refractivity contribution in [2.45, 2.75) is 37.4 Å². The van der Waals surface area contributed by atoms with Crippen LogP contribution in [0.1, 0.15) is 12.8 Å². The molecule has 1 N–H and O–H groups in total. The van der Waals surface area contributed by atoms with Crippen LogP contribution in [0.2, 0.25) is 0 Å². The zero-order valence-electron chi connectivity index (χ0n) is 9.98. The fourth-order valence-corrected chi connectivity index (χ4v) is 1.69. The Morgan fingerprint density at radius 3 is 2.26 bits per heavy atom. The van der Waals surface area contributed by atoms with E-state index in [0.717, 1.165) is 12.8 Å². The average molecular weight is 295 g/mol. The van der Waals surface area contributed by atoms with Gasteiger partial charge in [0, 0.05) is 19.7 Å². The molecule has 114 valence electrons. The van der Waals surface area contributed by atoms with Crippen molar-refractivity contribution in [2.24, 2.45) is 0 Å². The minimum atomic E-state index is -5.45. The number of hydrogen-bond donors (Lipinski definition) is 1. The van der Waals surface area contributed by atoms with E-state index in [9.17, 15) is 26.3 Å². The summed E-state index contributed by atoms with van der Waals surface area (Å²) >= 11 is 0. The highest BCUT2D eigenvalue weighted by Gasteiger charge is 2.57. The van der Waals surface area contributed by atoms with E-state index in [-0.39, 0.29) is 12.6 Å². The smallest absolute Gasteiger partial charge is 0.377 e. The third kappa shape index (κ3) is 5.96. The van der Waals surface area contributed by atoms with Gasteiger partial charge in [0.15, 0.2) is 0 Å². The molecule has 9 heteroatoms. The van der Waals surface area contributed by atoms with Crippen LogP contribution in [0.5, 0.6) is 0 Å². The fourth-order valence-electron chi connectivity index (χ4n) is 1.69. The van der Waals surface area contributed by atoms with Crippen LogP contribution in [0.25, 0.3) is 0 Å². The van der Waals surface area contributed by atoms with E-state index in [1.165, 1.54) is 0 Å². The molecule has 1 rings (SSSR count). The molecule has 0 spiro atoms. The number of alkyl halides is 6. The summed E-state index contributed by atoms with van der Waals surface area (Å²) in [5, 5.41) is 2.70. The fraction of sp³-hybridized carbons (Fsp3) is 1.00. The van der Waals surface area contributed by atoms with Crippen molar-refractivity contribution in [3.05, 3.63) is 0 Å². The standard InChI is InChI=1S/C10H15F6NO2/c11-9(12,13)8(10(14,15)16)19-5-3-17-6-7-2-1-4-18-7/h7-8,17H,1-6H2. The summed E-state index contributed by atoms with van der Waals surface area (Å²) < 4.78 is 81.6. The lowest BCUT2D eigenvalue weighted by molar-refractivity contribution is -0.321. The van der Waals surface area contributed by atoms with Gasteiger partial charge in [0.25, 0.3) is 0 Å². The summed E-state index contributed by atoms with van der Waals surface area (Å²) in [6, 6.07) is 0. The van der Waals surface area contributed by atoms with Crippen molar-refractivity contribution in [1.29, 1.82) is 0 Å². The summed E-state index contributed by atoms with van der Waals surface area (Å²) in [6.07, 6.45) is -12.9. The number of halogens is 6. The van der Waals surface area contributed by atoms with E-state index in [1.807, 2.05) is 0 Å². The van der Waals surface area contributed by atoms with Gasteiger partial charge in [0.2, 0.25) is 6.10 Å². The van der Waals surface area contributed by atoms with Gasteiger partial charge in [-0.2, -0.15) is 26.3 Å². The molecule has 0 amide bonds. The molecule has 0 bridgehead atoms. The Kier molecular flexibility index (Phi) is 5.87. The molecule has 1 saturated heterocycles. The molecule has 1 unspecified atom stereocenters. The van der Waals surface area contributed by atoms with E-state index < -0.39 is 25.1 Å². The Morgan fingerprint density at radius 2 is 1.79 bits per heavy atom. The van der Waals surface area contributed by atoms with E-state index in [0.29, 0.717) is 13.2 Å². The molecule has 1 atom stereocenters. The van der Waals surface area contributed by atoms with Gasteiger partial charge in [-0.1, -0.05) is 0 Å². The van der Waals surface area contributed by atoms with Crippen LogP contribution >= 0.6 is 0 Å². The largest absolute Gasteiger partial charge is 0.423 e. The highest BCUT2D eigenvalue weighted by Crippen LogP contribution is 2.35. The first kappa shape index (κ1) is 16.5. The first-order chi connectivity index (χ1) is 8.71. The topological polar surface area (TPSA) is 30.5 Å². The predicted octanol–water partition coefficient (Wildman–Crippen LogP) is 2.26. The second kappa shape index (κ2) is 6.76. The zero-order valence-corrected chi connectivity index (χ0v) is 9.98. The van der Waals surface area contributed by atoms with Gasteiger partial charge < -0.3 is 14.8 Å². The average Bonchev–Trinajstić information content (AvgIpc) is 2.72. The van der Waals surface area contributed by atoms with E-state index in [1.54, 1.807) is 0 Å². The van der Waals surface area contributed by atoms with Crippen LogP contribution in [0.4, 0.5) is 26.3 Å². The van der Waals surface area contributed by atoms with Gasteiger partial charge in [-0.25, -0.2) is 0 Å². The monoisotopic (exact) mass is 295 g/mol. The first-order valence-corrected chi connectivity index (χ1v) is 5.78. The number of ether oxygens (including phenoxy) is 2. The lowest BCUT2D eigenvalue weighted by Gasteiger charge is -2.23. The van der Waals surface area contributed by atoms with E-state index in [4.69, 9.17) is 4.74 Å². The van der Waals surface area contributed by atoms with Gasteiger partial charge in [0.1, 0.15) is 0 Å². The molecular formula is C10H15F6NO2. The second-order valence-electron chi connectivity index (χ2n) is 4.17. The minimum absolute atomic E-state index is 0.0268. The molecule has 0 radical (unpaired) electrons. The third-order valence-electron chi connectivity index (χ3n) is 2.55. The quantitative estimate of drug-likeness (QED) is 0.602. The SMILES string of the molecule is FC(F)(F)C(OCCNCC1CCCO1)C(F)(F)F. The van der Waals surface area contributed by atoms with Crippen molar-refractivity contribution >= 4 is 0 Å². The number of nitrogens with one attached hydrogen (secondary N) is 1. The highest BCUT2D eigenvalue weighted by molar-refractivity contribution is 4.76. The van der Waals surface area contributed by atoms with Gasteiger partial charge in [-0.15, -0.1) is 0 Å². The lowest BCUT2D eigenvalue weighted by atomic mass is 10.2. The van der Waals surface area contributed by atoms with E-state index in [2.05, 4.69) is 10.1 Å². The minimum Gasteiger partial charge on any atom is -0.377 e. The predicted molar refractivity (Wildman–Crippen MR) is 53.7 cm³/mol. The summed E-state index contributed by atoms with van der Waals surface area (Å²) in [7, 11) is 0. The normalized spacial score (nSPS) is 21.3. The molecule has 19 heavy (non-hydrogen) atoms. The molecule has 1 aliphatic rings. The maximum absolute atomic E-state index is 12.1.